The van der Waals surface area contributed by atoms with Gasteiger partial charge in [0.15, 0.2) is 5.96 Å². The molecule has 0 saturated carbocycles. The van der Waals surface area contributed by atoms with Gasteiger partial charge in [-0.05, 0) is 32.1 Å². The van der Waals surface area contributed by atoms with Crippen LogP contribution in [0.1, 0.15) is 78.1 Å². The Morgan fingerprint density at radius 2 is 1.30 bits per heavy atom. The Morgan fingerprint density at radius 3 is 1.88 bits per heavy atom. The topological polar surface area (TPSA) is 464 Å². The van der Waals surface area contributed by atoms with Crippen LogP contribution in [0.25, 0.3) is 0 Å². The number of guanidine groups is 1. The lowest BCUT2D eigenvalue weighted by molar-refractivity contribution is -0.143. The number of carboxylic acids is 2. The minimum absolute atomic E-state index is 0.00503. The number of aliphatic carboxylic acids is 2. The molecule has 0 aromatic rings. The Balaban J connectivity index is 2.63. The zero-order valence-corrected chi connectivity index (χ0v) is 42.8. The predicted octanol–water partition coefficient (Wildman–Crippen LogP) is -5.98. The van der Waals surface area contributed by atoms with Crippen LogP contribution in [0.5, 0.6) is 0 Å². The van der Waals surface area contributed by atoms with Crippen molar-refractivity contribution in [3.63, 3.8) is 0 Å². The van der Waals surface area contributed by atoms with Gasteiger partial charge in [-0.3, -0.25) is 67.3 Å². The van der Waals surface area contributed by atoms with E-state index in [1.807, 2.05) is 6.92 Å². The summed E-state index contributed by atoms with van der Waals surface area (Å²) in [7, 11) is 1.72. The number of carboxylic acid groups (broad SMARTS) is 2. The maximum absolute atomic E-state index is 14.0. The fourth-order valence-corrected chi connectivity index (χ4v) is 9.67. The fourth-order valence-electron chi connectivity index (χ4n) is 7.08. The summed E-state index contributed by atoms with van der Waals surface area (Å²) in [6, 6.07) is -12.0. The molecule has 2 heterocycles. The highest BCUT2D eigenvalue weighted by Gasteiger charge is 2.38. The number of carbonyl (C=O) groups excluding carboxylic acids is 11. The molecule has 2 aliphatic rings. The van der Waals surface area contributed by atoms with Crippen LogP contribution >= 0.6 is 34.2 Å². The van der Waals surface area contributed by atoms with E-state index in [-0.39, 0.29) is 62.0 Å². The van der Waals surface area contributed by atoms with Crippen LogP contribution in [-0.4, -0.2) is 190 Å². The van der Waals surface area contributed by atoms with Gasteiger partial charge < -0.3 is 80.2 Å². The Morgan fingerprint density at radius 1 is 0.740 bits per heavy atom. The van der Waals surface area contributed by atoms with Gasteiger partial charge in [-0.25, -0.2) is 0 Å². The third-order valence-corrected chi connectivity index (χ3v) is 13.6. The normalized spacial score (nSPS) is 24.1. The summed E-state index contributed by atoms with van der Waals surface area (Å²) >= 11 is 4.10. The number of primary amides is 1. The largest absolute Gasteiger partial charge is 0.481 e. The molecule has 32 heteroatoms. The van der Waals surface area contributed by atoms with Crippen molar-refractivity contribution in [2.75, 3.05) is 43.4 Å². The van der Waals surface area contributed by atoms with E-state index in [0.717, 1.165) is 33.4 Å². The number of fused-ring (bicyclic) bond motifs is 1. The third-order valence-electron chi connectivity index (χ3n) is 10.8. The van der Waals surface area contributed by atoms with Crippen molar-refractivity contribution >= 4 is 117 Å². The number of nitrogens with zero attached hydrogens (tertiary/aromatic N) is 2. The zero-order chi connectivity index (χ0) is 54.8. The van der Waals surface area contributed by atoms with Gasteiger partial charge in [-0.2, -0.15) is 12.6 Å². The van der Waals surface area contributed by atoms with Gasteiger partial charge >= 0.3 is 11.9 Å². The van der Waals surface area contributed by atoms with E-state index < -0.39 is 151 Å². The molecule has 29 nitrogen and oxygen atoms in total. The summed E-state index contributed by atoms with van der Waals surface area (Å²) < 4.78 is 0. The van der Waals surface area contributed by atoms with Crippen LogP contribution in [0.3, 0.4) is 0 Å². The van der Waals surface area contributed by atoms with Crippen LogP contribution in [0.15, 0.2) is 4.99 Å². The minimum atomic E-state index is -1.80. The predicted molar refractivity (Wildman–Crippen MR) is 266 cm³/mol. The molecule has 0 bridgehead atoms. The molecule has 17 N–H and O–H groups in total. The maximum atomic E-state index is 14.0. The second kappa shape index (κ2) is 32.5. The van der Waals surface area contributed by atoms with E-state index in [4.69, 9.17) is 17.2 Å². The van der Waals surface area contributed by atoms with Crippen molar-refractivity contribution < 1.29 is 72.5 Å². The van der Waals surface area contributed by atoms with Crippen molar-refractivity contribution in [2.24, 2.45) is 22.2 Å². The lowest BCUT2D eigenvalue weighted by atomic mass is 10.1. The summed E-state index contributed by atoms with van der Waals surface area (Å²) in [5.41, 5.74) is 16.4. The fraction of sp³-hybridized carbons (Fsp3) is 0.659. The Labute approximate surface area is 432 Å². The molecule has 2 rings (SSSR count). The molecule has 0 aliphatic carbocycles. The summed E-state index contributed by atoms with van der Waals surface area (Å²) in [5, 5.41) is 40.6. The molecule has 408 valence electrons. The van der Waals surface area contributed by atoms with Gasteiger partial charge in [0, 0.05) is 37.3 Å². The number of aliphatic imine (C=N–C) groups is 1. The number of unbranched alkanes of at least 4 members (excludes halogenated alkanes) is 2. The molecule has 0 spiro atoms. The number of hydrogen-bond acceptors (Lipinski definition) is 17. The quantitative estimate of drug-likeness (QED) is 0.0212. The molecular formula is C41H66N14O15S3. The highest BCUT2D eigenvalue weighted by atomic mass is 33.1. The molecular weight excluding hydrogens is 1020 g/mol. The second-order valence-electron chi connectivity index (χ2n) is 16.7. The van der Waals surface area contributed by atoms with Gasteiger partial charge in [0.25, 0.3) is 0 Å². The van der Waals surface area contributed by atoms with Gasteiger partial charge in [0.05, 0.1) is 25.9 Å². The molecule has 73 heavy (non-hydrogen) atoms. The standard InChI is InChI=1S/C41H66N14O15S3/c1-3-4-5-8-21-35(65)47-16-30(58)55-12-7-10-28(55)40(70)52-24(14-32(61)62)37(67)53-26(33(42)63)18-72-73-19-27(54-38(68)25(17-71)48-20(2)56)39(69)51-22(9-6-11-45-41(43)44)34(64)46-15-29(57)49-23(13-31(59)60)36(66)50-21/h21-28,71H,3-19H2,1-2H3,(H2,42,63)(H,46,64)(H,47,65)(H,48,56)(H,49,57)(H,50,66)(H,51,69)(H,52,70)(H,53,67)(H,54,68)(H,59,60)(H,61,62)(H4,43,44,45). The van der Waals surface area contributed by atoms with E-state index in [2.05, 4.69) is 65.5 Å². The lowest BCUT2D eigenvalue weighted by Gasteiger charge is -2.27. The summed E-state index contributed by atoms with van der Waals surface area (Å²) in [4.78, 5) is 175. The van der Waals surface area contributed by atoms with Crippen molar-refractivity contribution in [1.29, 1.82) is 0 Å². The monoisotopic (exact) mass is 1090 g/mol. The zero-order valence-electron chi connectivity index (χ0n) is 40.2. The van der Waals surface area contributed by atoms with E-state index in [1.54, 1.807) is 0 Å². The smallest absolute Gasteiger partial charge is 0.305 e. The molecule has 2 aliphatic heterocycles. The van der Waals surface area contributed by atoms with Crippen molar-refractivity contribution in [3.05, 3.63) is 0 Å². The summed E-state index contributed by atoms with van der Waals surface area (Å²) in [5.74, 6) is -14.6. The van der Waals surface area contributed by atoms with Crippen LogP contribution in [0, 0.1) is 0 Å². The number of hydrogen-bond donors (Lipinski definition) is 15. The Hall–Kier alpha value is -6.57. The second-order valence-corrected chi connectivity index (χ2v) is 19.6. The lowest BCUT2D eigenvalue weighted by Crippen LogP contribution is -2.58. The van der Waals surface area contributed by atoms with Crippen molar-refractivity contribution in [3.8, 4) is 0 Å². The van der Waals surface area contributed by atoms with Gasteiger partial charge in [-0.15, -0.1) is 0 Å². The molecule has 2 saturated heterocycles. The number of amides is 11. The Kier molecular flexibility index (Phi) is 27.8. The first-order chi connectivity index (χ1) is 34.5. The van der Waals surface area contributed by atoms with Crippen LogP contribution in [0.4, 0.5) is 0 Å². The van der Waals surface area contributed by atoms with Crippen LogP contribution in [0.2, 0.25) is 0 Å². The maximum Gasteiger partial charge on any atom is 0.305 e. The van der Waals surface area contributed by atoms with E-state index in [9.17, 15) is 72.5 Å². The minimum Gasteiger partial charge on any atom is -0.481 e. The number of nitrogens with one attached hydrogen (secondary N) is 9. The van der Waals surface area contributed by atoms with Crippen molar-refractivity contribution in [1.82, 2.24) is 52.8 Å². The molecule has 2 fully saturated rings. The van der Waals surface area contributed by atoms with Crippen LogP contribution < -0.4 is 65.1 Å². The average molecular weight is 1090 g/mol. The van der Waals surface area contributed by atoms with Gasteiger partial charge in [-0.1, -0.05) is 47.8 Å². The van der Waals surface area contributed by atoms with E-state index in [0.29, 0.717) is 25.7 Å². The molecule has 0 aromatic carbocycles. The highest BCUT2D eigenvalue weighted by Crippen LogP contribution is 2.24. The van der Waals surface area contributed by atoms with E-state index >= 15 is 0 Å². The van der Waals surface area contributed by atoms with Crippen molar-refractivity contribution in [2.45, 2.75) is 126 Å². The van der Waals surface area contributed by atoms with Crippen LogP contribution in [-0.2, 0) is 62.3 Å². The third kappa shape index (κ3) is 23.2. The first kappa shape index (κ1) is 62.5. The molecule has 0 aromatic heterocycles. The molecule has 8 unspecified atom stereocenters. The molecule has 11 amide bonds. The number of carbonyl (C=O) groups is 13. The average Bonchev–Trinajstić information content (AvgIpc) is 3.82. The molecule has 0 radical (unpaired) electrons. The van der Waals surface area contributed by atoms with E-state index in [1.165, 1.54) is 0 Å². The first-order valence-corrected chi connectivity index (χ1v) is 26.2. The number of nitrogens with two attached hydrogens (primary N) is 3. The number of thiol groups is 1. The SMILES string of the molecule is CCCCCC1NC(=O)C(CC(=O)O)NC(=O)CNC(=O)C(CCCN=C(N)N)NC(=O)C(NC(=O)C(CS)NC(C)=O)CSSCC(C(N)=O)NC(=O)C(CC(=O)O)NC(=O)C2CCCN2C(=O)CNC1=O. The Bertz CT molecular complexity index is 2070. The van der Waals surface area contributed by atoms with Gasteiger partial charge in [0.1, 0.15) is 48.3 Å². The summed E-state index contributed by atoms with van der Waals surface area (Å²) in [6.45, 7) is 1.43. The first-order valence-electron chi connectivity index (χ1n) is 23.0. The molecule has 8 atom stereocenters. The number of rotatable bonds is 17. The summed E-state index contributed by atoms with van der Waals surface area (Å²) in [6.07, 6.45) is -0.0290. The highest BCUT2D eigenvalue weighted by molar-refractivity contribution is 8.76. The van der Waals surface area contributed by atoms with Gasteiger partial charge in [0.2, 0.25) is 65.0 Å².